The Kier molecular flexibility index (Phi) is 6.12. The Morgan fingerprint density at radius 3 is 2.65 bits per heavy atom. The van der Waals surface area contributed by atoms with Crippen molar-refractivity contribution in [2.24, 2.45) is 12.0 Å². The minimum atomic E-state index is 0.520. The molecule has 0 bridgehead atoms. The summed E-state index contributed by atoms with van der Waals surface area (Å²) in [5.41, 5.74) is 3.25. The molecule has 1 heterocycles. The third kappa shape index (κ3) is 4.35. The van der Waals surface area contributed by atoms with Crippen molar-refractivity contribution in [1.29, 1.82) is 0 Å². The van der Waals surface area contributed by atoms with Crippen molar-refractivity contribution >= 4 is 28.6 Å². The van der Waals surface area contributed by atoms with Crippen LogP contribution in [0, 0.1) is 0 Å². The summed E-state index contributed by atoms with van der Waals surface area (Å²) in [5.74, 6) is 1.72. The van der Waals surface area contributed by atoms with E-state index in [1.165, 1.54) is 0 Å². The molecule has 0 spiro atoms. The molecule has 5 nitrogen and oxygen atoms in total. The standard InChI is InChI=1S/C20H24ClN5/c1-3-22-20(23-13-12-15-8-4-5-9-16(15)21)24-14-19-25-17-10-6-7-11-18(17)26(19)2/h4-11H,3,12-14H2,1-2H3,(H2,22,23,24). The molecule has 0 aliphatic carbocycles. The van der Waals surface area contributed by atoms with Crippen LogP contribution in [0.1, 0.15) is 18.3 Å². The number of guanidine groups is 1. The van der Waals surface area contributed by atoms with Gasteiger partial charge in [-0.15, -0.1) is 0 Å². The number of rotatable bonds is 6. The van der Waals surface area contributed by atoms with E-state index < -0.39 is 0 Å². The molecule has 136 valence electrons. The van der Waals surface area contributed by atoms with Crippen molar-refractivity contribution in [1.82, 2.24) is 20.2 Å². The van der Waals surface area contributed by atoms with E-state index in [1.54, 1.807) is 0 Å². The van der Waals surface area contributed by atoms with Gasteiger partial charge in [0.05, 0.1) is 11.0 Å². The number of hydrogen-bond acceptors (Lipinski definition) is 2. The average molecular weight is 370 g/mol. The van der Waals surface area contributed by atoms with Crippen molar-refractivity contribution in [2.75, 3.05) is 13.1 Å². The van der Waals surface area contributed by atoms with Crippen LogP contribution in [0.25, 0.3) is 11.0 Å². The lowest BCUT2D eigenvalue weighted by molar-refractivity contribution is 0.772. The first-order chi connectivity index (χ1) is 12.7. The predicted octanol–water partition coefficient (Wildman–Crippen LogP) is 3.52. The second-order valence-corrected chi connectivity index (χ2v) is 6.45. The molecule has 3 aromatic rings. The molecule has 1 aromatic heterocycles. The summed E-state index contributed by atoms with van der Waals surface area (Å²) in [6.45, 7) is 4.14. The summed E-state index contributed by atoms with van der Waals surface area (Å²) in [7, 11) is 2.03. The van der Waals surface area contributed by atoms with Crippen LogP contribution in [0.3, 0.4) is 0 Å². The second-order valence-electron chi connectivity index (χ2n) is 6.04. The summed E-state index contributed by atoms with van der Waals surface area (Å²) in [5, 5.41) is 7.44. The molecule has 0 fully saturated rings. The van der Waals surface area contributed by atoms with Crippen LogP contribution in [0.5, 0.6) is 0 Å². The van der Waals surface area contributed by atoms with Gasteiger partial charge in [0.15, 0.2) is 5.96 Å². The van der Waals surface area contributed by atoms with E-state index in [4.69, 9.17) is 11.6 Å². The molecule has 26 heavy (non-hydrogen) atoms. The average Bonchev–Trinajstić information content (AvgIpc) is 2.97. The van der Waals surface area contributed by atoms with Gasteiger partial charge in [0.25, 0.3) is 0 Å². The van der Waals surface area contributed by atoms with Crippen LogP contribution in [0.2, 0.25) is 5.02 Å². The van der Waals surface area contributed by atoms with Gasteiger partial charge in [-0.25, -0.2) is 9.98 Å². The Bertz CT molecular complexity index is 900. The zero-order valence-corrected chi connectivity index (χ0v) is 15.9. The van der Waals surface area contributed by atoms with E-state index in [1.807, 2.05) is 49.5 Å². The van der Waals surface area contributed by atoms with Crippen LogP contribution < -0.4 is 10.6 Å². The molecular formula is C20H24ClN5. The zero-order chi connectivity index (χ0) is 18.4. The molecule has 0 radical (unpaired) electrons. The number of nitrogens with zero attached hydrogens (tertiary/aromatic N) is 3. The van der Waals surface area contributed by atoms with Crippen LogP contribution in [0.15, 0.2) is 53.5 Å². The predicted molar refractivity (Wildman–Crippen MR) is 109 cm³/mol. The van der Waals surface area contributed by atoms with Crippen LogP contribution in [0.4, 0.5) is 0 Å². The number of benzene rings is 2. The Morgan fingerprint density at radius 1 is 1.12 bits per heavy atom. The van der Waals surface area contributed by atoms with E-state index in [2.05, 4.69) is 38.2 Å². The molecule has 2 aromatic carbocycles. The summed E-state index contributed by atoms with van der Waals surface area (Å²) < 4.78 is 2.09. The molecule has 0 unspecified atom stereocenters. The molecule has 3 rings (SSSR count). The van der Waals surface area contributed by atoms with Crippen molar-refractivity contribution < 1.29 is 0 Å². The normalized spacial score (nSPS) is 11.7. The highest BCUT2D eigenvalue weighted by atomic mass is 35.5. The quantitative estimate of drug-likeness (QED) is 0.516. The Labute approximate surface area is 159 Å². The number of fused-ring (bicyclic) bond motifs is 1. The molecule has 0 aliphatic heterocycles. The number of aryl methyl sites for hydroxylation is 1. The van der Waals surface area contributed by atoms with E-state index in [-0.39, 0.29) is 0 Å². The molecule has 0 aliphatic rings. The molecular weight excluding hydrogens is 346 g/mol. The van der Waals surface area contributed by atoms with Crippen LogP contribution >= 0.6 is 11.6 Å². The van der Waals surface area contributed by atoms with Gasteiger partial charge >= 0.3 is 0 Å². The van der Waals surface area contributed by atoms with Crippen molar-refractivity contribution in [3.63, 3.8) is 0 Å². The van der Waals surface area contributed by atoms with Gasteiger partial charge in [-0.3, -0.25) is 0 Å². The fourth-order valence-electron chi connectivity index (χ4n) is 2.85. The minimum absolute atomic E-state index is 0.520. The molecule has 2 N–H and O–H groups in total. The minimum Gasteiger partial charge on any atom is -0.357 e. The number of para-hydroxylation sites is 2. The number of halogens is 1. The van der Waals surface area contributed by atoms with Gasteiger partial charge in [-0.05, 0) is 37.1 Å². The number of hydrogen-bond donors (Lipinski definition) is 2. The Morgan fingerprint density at radius 2 is 1.88 bits per heavy atom. The SMILES string of the molecule is CCNC(=NCc1nc2ccccc2n1C)NCCc1ccccc1Cl. The van der Waals surface area contributed by atoms with Crippen LogP contribution in [-0.4, -0.2) is 28.6 Å². The fourth-order valence-corrected chi connectivity index (χ4v) is 3.08. The Balaban J connectivity index is 1.64. The fraction of sp³-hybridized carbons (Fsp3) is 0.300. The summed E-state index contributed by atoms with van der Waals surface area (Å²) in [6, 6.07) is 16.0. The van der Waals surface area contributed by atoms with Crippen molar-refractivity contribution in [2.45, 2.75) is 19.9 Å². The molecule has 0 atom stereocenters. The van der Waals surface area contributed by atoms with Crippen LogP contribution in [-0.2, 0) is 20.0 Å². The number of aromatic nitrogens is 2. The van der Waals surface area contributed by atoms with Crippen molar-refractivity contribution in [3.8, 4) is 0 Å². The van der Waals surface area contributed by atoms with E-state index in [0.29, 0.717) is 6.54 Å². The largest absolute Gasteiger partial charge is 0.357 e. The molecule has 0 amide bonds. The monoisotopic (exact) mass is 369 g/mol. The maximum absolute atomic E-state index is 6.21. The van der Waals surface area contributed by atoms with E-state index in [9.17, 15) is 0 Å². The van der Waals surface area contributed by atoms with Gasteiger partial charge < -0.3 is 15.2 Å². The van der Waals surface area contributed by atoms with Gasteiger partial charge in [0.1, 0.15) is 12.4 Å². The molecule has 0 saturated heterocycles. The lowest BCUT2D eigenvalue weighted by Crippen LogP contribution is -2.38. The highest BCUT2D eigenvalue weighted by Gasteiger charge is 2.07. The van der Waals surface area contributed by atoms with Gasteiger partial charge in [-0.2, -0.15) is 0 Å². The summed E-state index contributed by atoms with van der Waals surface area (Å²) in [4.78, 5) is 9.34. The van der Waals surface area contributed by atoms with Gasteiger partial charge in [0.2, 0.25) is 0 Å². The third-order valence-electron chi connectivity index (χ3n) is 4.25. The summed E-state index contributed by atoms with van der Waals surface area (Å²) >= 11 is 6.21. The smallest absolute Gasteiger partial charge is 0.191 e. The zero-order valence-electron chi connectivity index (χ0n) is 15.2. The maximum atomic E-state index is 6.21. The first kappa shape index (κ1) is 18.3. The highest BCUT2D eigenvalue weighted by Crippen LogP contribution is 2.15. The van der Waals surface area contributed by atoms with Gasteiger partial charge in [0, 0.05) is 25.2 Å². The van der Waals surface area contributed by atoms with Crippen molar-refractivity contribution in [3.05, 3.63) is 64.9 Å². The highest BCUT2D eigenvalue weighted by molar-refractivity contribution is 6.31. The Hall–Kier alpha value is -2.53. The van der Waals surface area contributed by atoms with E-state index >= 15 is 0 Å². The number of aliphatic imine (C=N–C) groups is 1. The maximum Gasteiger partial charge on any atom is 0.191 e. The lowest BCUT2D eigenvalue weighted by atomic mass is 10.1. The number of imidazole rings is 1. The number of nitrogens with one attached hydrogen (secondary N) is 2. The first-order valence-corrected chi connectivity index (χ1v) is 9.22. The molecule has 6 heteroatoms. The summed E-state index contributed by atoms with van der Waals surface area (Å²) in [6.07, 6.45) is 0.844. The second kappa shape index (κ2) is 8.72. The molecule has 0 saturated carbocycles. The van der Waals surface area contributed by atoms with E-state index in [0.717, 1.165) is 52.9 Å². The van der Waals surface area contributed by atoms with Gasteiger partial charge in [-0.1, -0.05) is 41.9 Å². The first-order valence-electron chi connectivity index (χ1n) is 8.85. The lowest BCUT2D eigenvalue weighted by Gasteiger charge is -2.12. The third-order valence-corrected chi connectivity index (χ3v) is 4.62. The topological polar surface area (TPSA) is 54.2 Å².